The lowest BCUT2D eigenvalue weighted by Gasteiger charge is -2.12. The number of aromatic nitrogens is 2. The van der Waals surface area contributed by atoms with E-state index in [-0.39, 0.29) is 0 Å². The SMILES string of the molecule is C=C/C=C\c1c(C=C)c(/C=C\C)n(/C(C=C)=C/c2c(C)c(/C=C\C=C)n(C)c2C)c1C. The number of rotatable bonds is 9. The van der Waals surface area contributed by atoms with Crippen LogP contribution in [0.5, 0.6) is 0 Å². The minimum absolute atomic E-state index is 1.02. The molecule has 160 valence electrons. The molecule has 2 rings (SSSR count). The lowest BCUT2D eigenvalue weighted by molar-refractivity contribution is 0.868. The molecule has 0 aliphatic carbocycles. The lowest BCUT2D eigenvalue weighted by Crippen LogP contribution is -2.01. The molecule has 2 aromatic rings. The molecule has 0 bridgehead atoms. The lowest BCUT2D eigenvalue weighted by atomic mass is 10.1. The van der Waals surface area contributed by atoms with Crippen molar-refractivity contribution in [3.8, 4) is 0 Å². The molecule has 2 aromatic heterocycles. The quantitative estimate of drug-likeness (QED) is 0.370. The fourth-order valence-electron chi connectivity index (χ4n) is 3.99. The molecule has 2 nitrogen and oxygen atoms in total. The van der Waals surface area contributed by atoms with Crippen LogP contribution in [0.15, 0.2) is 62.8 Å². The average Bonchev–Trinajstić information content (AvgIpc) is 3.13. The van der Waals surface area contributed by atoms with Gasteiger partial charge in [0.2, 0.25) is 0 Å². The van der Waals surface area contributed by atoms with Crippen LogP contribution in [0.1, 0.15) is 52.0 Å². The number of allylic oxidation sites excluding steroid dienone is 7. The van der Waals surface area contributed by atoms with Gasteiger partial charge in [-0.15, -0.1) is 0 Å². The van der Waals surface area contributed by atoms with Gasteiger partial charge in [0.15, 0.2) is 0 Å². The number of hydrogen-bond acceptors (Lipinski definition) is 0. The van der Waals surface area contributed by atoms with Crippen LogP contribution in [0.4, 0.5) is 0 Å². The fraction of sp³-hybridized carbons (Fsp3) is 0.172. The first kappa shape index (κ1) is 23.8. The van der Waals surface area contributed by atoms with Gasteiger partial charge in [-0.05, 0) is 57.6 Å². The Morgan fingerprint density at radius 3 is 1.97 bits per heavy atom. The van der Waals surface area contributed by atoms with E-state index in [4.69, 9.17) is 0 Å². The summed E-state index contributed by atoms with van der Waals surface area (Å²) in [4.78, 5) is 0. The molecule has 0 N–H and O–H groups in total. The summed E-state index contributed by atoms with van der Waals surface area (Å²) in [6, 6.07) is 0. The summed E-state index contributed by atoms with van der Waals surface area (Å²) in [5.74, 6) is 0. The van der Waals surface area contributed by atoms with Gasteiger partial charge in [0, 0.05) is 46.5 Å². The van der Waals surface area contributed by atoms with Crippen molar-refractivity contribution in [1.82, 2.24) is 9.13 Å². The molecule has 0 radical (unpaired) electrons. The predicted molar refractivity (Wildman–Crippen MR) is 142 cm³/mol. The highest BCUT2D eigenvalue weighted by molar-refractivity contribution is 5.86. The van der Waals surface area contributed by atoms with Crippen molar-refractivity contribution in [3.05, 3.63) is 108 Å². The first-order valence-electron chi connectivity index (χ1n) is 10.5. The zero-order valence-corrected chi connectivity index (χ0v) is 19.6. The number of hydrogen-bond donors (Lipinski definition) is 0. The first-order valence-corrected chi connectivity index (χ1v) is 10.5. The second-order valence-electron chi connectivity index (χ2n) is 7.37. The summed E-state index contributed by atoms with van der Waals surface area (Å²) < 4.78 is 4.46. The van der Waals surface area contributed by atoms with Crippen molar-refractivity contribution in [2.75, 3.05) is 0 Å². The van der Waals surface area contributed by atoms with Crippen molar-refractivity contribution in [3.63, 3.8) is 0 Å². The van der Waals surface area contributed by atoms with Gasteiger partial charge in [-0.3, -0.25) is 0 Å². The Balaban J connectivity index is 2.86. The van der Waals surface area contributed by atoms with E-state index >= 15 is 0 Å². The molecule has 0 aliphatic heterocycles. The van der Waals surface area contributed by atoms with Gasteiger partial charge in [0.1, 0.15) is 0 Å². The molecule has 0 spiro atoms. The molecule has 2 heteroatoms. The monoisotopic (exact) mass is 410 g/mol. The van der Waals surface area contributed by atoms with Gasteiger partial charge in [0.25, 0.3) is 0 Å². The fourth-order valence-corrected chi connectivity index (χ4v) is 3.99. The Morgan fingerprint density at radius 1 is 0.774 bits per heavy atom. The highest BCUT2D eigenvalue weighted by atomic mass is 15.0. The van der Waals surface area contributed by atoms with Crippen molar-refractivity contribution in [2.24, 2.45) is 7.05 Å². The zero-order valence-electron chi connectivity index (χ0n) is 19.6. The van der Waals surface area contributed by atoms with Gasteiger partial charge in [-0.25, -0.2) is 0 Å². The van der Waals surface area contributed by atoms with E-state index in [1.165, 1.54) is 22.5 Å². The summed E-state index contributed by atoms with van der Waals surface area (Å²) in [7, 11) is 2.09. The molecule has 0 amide bonds. The maximum atomic E-state index is 4.13. The maximum Gasteiger partial charge on any atom is 0.0534 e. The van der Waals surface area contributed by atoms with Gasteiger partial charge in [-0.1, -0.05) is 68.8 Å². The van der Waals surface area contributed by atoms with Crippen LogP contribution >= 0.6 is 0 Å². The van der Waals surface area contributed by atoms with E-state index in [1.54, 1.807) is 12.2 Å². The van der Waals surface area contributed by atoms with E-state index < -0.39 is 0 Å². The Labute approximate surface area is 187 Å². The Hall–Kier alpha value is -3.52. The van der Waals surface area contributed by atoms with Crippen molar-refractivity contribution in [2.45, 2.75) is 27.7 Å². The minimum atomic E-state index is 1.02. The van der Waals surface area contributed by atoms with E-state index in [2.05, 4.69) is 93.6 Å². The van der Waals surface area contributed by atoms with Crippen LogP contribution in [0.3, 0.4) is 0 Å². The van der Waals surface area contributed by atoms with Crippen LogP contribution in [0.2, 0.25) is 0 Å². The van der Waals surface area contributed by atoms with Crippen molar-refractivity contribution < 1.29 is 0 Å². The third-order valence-corrected chi connectivity index (χ3v) is 5.65. The van der Waals surface area contributed by atoms with Gasteiger partial charge in [-0.2, -0.15) is 0 Å². The zero-order chi connectivity index (χ0) is 23.1. The summed E-state index contributed by atoms with van der Waals surface area (Å²) >= 11 is 0. The topological polar surface area (TPSA) is 9.86 Å². The van der Waals surface area contributed by atoms with E-state index in [9.17, 15) is 0 Å². The largest absolute Gasteiger partial charge is 0.348 e. The second-order valence-corrected chi connectivity index (χ2v) is 7.37. The molecule has 0 aliphatic rings. The van der Waals surface area contributed by atoms with Gasteiger partial charge in [0.05, 0.1) is 5.69 Å². The van der Waals surface area contributed by atoms with Crippen molar-refractivity contribution >= 4 is 36.1 Å². The molecule has 0 saturated heterocycles. The Kier molecular flexibility index (Phi) is 8.04. The summed E-state index contributed by atoms with van der Waals surface area (Å²) in [6.07, 6.45) is 21.9. The standard InChI is InChI=1S/C29H34N2/c1-10-15-18-26-23(8)31(29(17-12-3)25(26)14-5)24(13-4)20-27-21(6)28(19-16-11-2)30(9)22(27)7/h10-20H,1-2,4-5H2,3,6-9H3/b17-12-,18-15-,19-16-,24-20+. The van der Waals surface area contributed by atoms with Crippen LogP contribution in [0.25, 0.3) is 36.1 Å². The van der Waals surface area contributed by atoms with Crippen LogP contribution in [-0.4, -0.2) is 9.13 Å². The van der Waals surface area contributed by atoms with E-state index in [1.807, 2.05) is 31.2 Å². The highest BCUT2D eigenvalue weighted by Gasteiger charge is 2.18. The molecule has 31 heavy (non-hydrogen) atoms. The van der Waals surface area contributed by atoms with E-state index in [0.717, 1.165) is 28.2 Å². The Bertz CT molecular complexity index is 1130. The van der Waals surface area contributed by atoms with E-state index in [0.29, 0.717) is 0 Å². The molecule has 0 unspecified atom stereocenters. The third-order valence-electron chi connectivity index (χ3n) is 5.65. The van der Waals surface area contributed by atoms with Gasteiger partial charge < -0.3 is 9.13 Å². The van der Waals surface area contributed by atoms with Crippen LogP contribution < -0.4 is 0 Å². The number of nitrogens with zero attached hydrogens (tertiary/aromatic N) is 2. The Morgan fingerprint density at radius 2 is 1.42 bits per heavy atom. The smallest absolute Gasteiger partial charge is 0.0534 e. The summed E-state index contributed by atoms with van der Waals surface area (Å²) in [6.45, 7) is 24.3. The molecule has 2 heterocycles. The molecule has 0 fully saturated rings. The van der Waals surface area contributed by atoms with Crippen LogP contribution in [0, 0.1) is 20.8 Å². The van der Waals surface area contributed by atoms with Gasteiger partial charge >= 0.3 is 0 Å². The minimum Gasteiger partial charge on any atom is -0.348 e. The third kappa shape index (κ3) is 4.49. The molecule has 0 aromatic carbocycles. The first-order chi connectivity index (χ1) is 14.9. The average molecular weight is 411 g/mol. The van der Waals surface area contributed by atoms with Crippen LogP contribution in [-0.2, 0) is 7.05 Å². The highest BCUT2D eigenvalue weighted by Crippen LogP contribution is 2.32. The molecule has 0 saturated carbocycles. The molecular formula is C29H34N2. The van der Waals surface area contributed by atoms with Crippen molar-refractivity contribution in [1.29, 1.82) is 0 Å². The maximum absolute atomic E-state index is 4.13. The molecular weight excluding hydrogens is 376 g/mol. The summed E-state index contributed by atoms with van der Waals surface area (Å²) in [5.41, 5.74) is 10.3. The predicted octanol–water partition coefficient (Wildman–Crippen LogP) is 8.01. The second kappa shape index (κ2) is 10.5. The summed E-state index contributed by atoms with van der Waals surface area (Å²) in [5, 5.41) is 0. The normalized spacial score (nSPS) is 12.4. The molecule has 0 atom stereocenters.